The second kappa shape index (κ2) is 6.49. The highest BCUT2D eigenvalue weighted by Crippen LogP contribution is 2.36. The van der Waals surface area contributed by atoms with Crippen molar-refractivity contribution in [1.29, 1.82) is 0 Å². The van der Waals surface area contributed by atoms with E-state index in [0.29, 0.717) is 11.1 Å². The molecule has 1 aliphatic rings. The van der Waals surface area contributed by atoms with Gasteiger partial charge in [-0.3, -0.25) is 0 Å². The quantitative estimate of drug-likeness (QED) is 0.899. The van der Waals surface area contributed by atoms with Crippen LogP contribution in [0.5, 0.6) is 11.5 Å². The predicted octanol–water partition coefficient (Wildman–Crippen LogP) is 3.56. The molecule has 2 N–H and O–H groups in total. The fourth-order valence-corrected chi connectivity index (χ4v) is 2.75. The summed E-state index contributed by atoms with van der Waals surface area (Å²) in [5, 5.41) is 0.700. The van der Waals surface area contributed by atoms with Crippen molar-refractivity contribution >= 4 is 11.6 Å². The Kier molecular flexibility index (Phi) is 4.94. The van der Waals surface area contributed by atoms with Crippen molar-refractivity contribution in [2.24, 2.45) is 5.73 Å². The van der Waals surface area contributed by atoms with E-state index in [4.69, 9.17) is 26.8 Å². The summed E-state index contributed by atoms with van der Waals surface area (Å²) < 4.78 is 11.4. The normalized spacial score (nSPS) is 17.5. The molecular formula is C15H22ClNO2. The minimum Gasteiger partial charge on any atom is -0.493 e. The van der Waals surface area contributed by atoms with Gasteiger partial charge in [-0.05, 0) is 50.7 Å². The average Bonchev–Trinajstić information content (AvgIpc) is 2.85. The number of hydrogen-bond acceptors (Lipinski definition) is 3. The van der Waals surface area contributed by atoms with Crippen LogP contribution in [0.25, 0.3) is 0 Å². The van der Waals surface area contributed by atoms with Gasteiger partial charge >= 0.3 is 0 Å². The summed E-state index contributed by atoms with van der Waals surface area (Å²) in [4.78, 5) is 0. The van der Waals surface area contributed by atoms with Crippen LogP contribution in [-0.2, 0) is 6.42 Å². The van der Waals surface area contributed by atoms with Crippen LogP contribution in [0, 0.1) is 0 Å². The van der Waals surface area contributed by atoms with Crippen LogP contribution in [0.2, 0.25) is 5.02 Å². The number of benzene rings is 1. The highest BCUT2D eigenvalue weighted by atomic mass is 35.5. The van der Waals surface area contributed by atoms with Gasteiger partial charge in [0.15, 0.2) is 11.5 Å². The molecule has 1 unspecified atom stereocenters. The Balaban J connectivity index is 2.20. The lowest BCUT2D eigenvalue weighted by atomic mass is 10.1. The van der Waals surface area contributed by atoms with Crippen LogP contribution in [0.4, 0.5) is 0 Å². The van der Waals surface area contributed by atoms with Crippen molar-refractivity contribution in [2.45, 2.75) is 51.2 Å². The maximum Gasteiger partial charge on any atom is 0.163 e. The van der Waals surface area contributed by atoms with E-state index in [9.17, 15) is 0 Å². The van der Waals surface area contributed by atoms with E-state index in [2.05, 4.69) is 0 Å². The minimum atomic E-state index is 0.0730. The van der Waals surface area contributed by atoms with E-state index in [0.717, 1.165) is 36.3 Å². The van der Waals surface area contributed by atoms with Gasteiger partial charge in [-0.2, -0.15) is 0 Å². The summed E-state index contributed by atoms with van der Waals surface area (Å²) in [7, 11) is 1.65. The second-order valence-corrected chi connectivity index (χ2v) is 5.71. The van der Waals surface area contributed by atoms with E-state index in [1.807, 2.05) is 19.1 Å². The fraction of sp³-hybridized carbons (Fsp3) is 0.600. The maximum absolute atomic E-state index is 6.30. The third-order valence-corrected chi connectivity index (χ3v) is 3.82. The molecule has 4 heteroatoms. The molecule has 1 fully saturated rings. The third-order valence-electron chi connectivity index (χ3n) is 3.47. The van der Waals surface area contributed by atoms with Gasteiger partial charge in [0, 0.05) is 17.1 Å². The number of methoxy groups -OCH3 is 1. The van der Waals surface area contributed by atoms with Crippen molar-refractivity contribution in [1.82, 2.24) is 0 Å². The first-order valence-corrected chi connectivity index (χ1v) is 7.26. The van der Waals surface area contributed by atoms with Crippen LogP contribution in [0.3, 0.4) is 0 Å². The van der Waals surface area contributed by atoms with Gasteiger partial charge in [-0.1, -0.05) is 11.6 Å². The van der Waals surface area contributed by atoms with Gasteiger partial charge in [-0.15, -0.1) is 0 Å². The number of hydrogen-bond donors (Lipinski definition) is 1. The molecule has 1 atom stereocenters. The van der Waals surface area contributed by atoms with E-state index in [-0.39, 0.29) is 6.04 Å². The van der Waals surface area contributed by atoms with Crippen LogP contribution in [-0.4, -0.2) is 19.3 Å². The van der Waals surface area contributed by atoms with Crippen molar-refractivity contribution in [3.8, 4) is 11.5 Å². The summed E-state index contributed by atoms with van der Waals surface area (Å²) >= 11 is 6.30. The van der Waals surface area contributed by atoms with E-state index in [1.54, 1.807) is 7.11 Å². The van der Waals surface area contributed by atoms with Crippen molar-refractivity contribution in [3.05, 3.63) is 22.7 Å². The summed E-state index contributed by atoms with van der Waals surface area (Å²) in [5.41, 5.74) is 6.83. The lowest BCUT2D eigenvalue weighted by Crippen LogP contribution is -2.18. The van der Waals surface area contributed by atoms with Gasteiger partial charge in [0.2, 0.25) is 0 Å². The summed E-state index contributed by atoms with van der Waals surface area (Å²) in [6.45, 7) is 1.96. The monoisotopic (exact) mass is 283 g/mol. The van der Waals surface area contributed by atoms with Gasteiger partial charge in [0.1, 0.15) is 0 Å². The van der Waals surface area contributed by atoms with Gasteiger partial charge in [0.05, 0.1) is 13.2 Å². The zero-order chi connectivity index (χ0) is 13.8. The fourth-order valence-electron chi connectivity index (χ4n) is 2.52. The van der Waals surface area contributed by atoms with Gasteiger partial charge in [-0.25, -0.2) is 0 Å². The number of rotatable bonds is 5. The third kappa shape index (κ3) is 3.77. The molecule has 0 radical (unpaired) electrons. The Hall–Kier alpha value is -0.930. The largest absolute Gasteiger partial charge is 0.493 e. The zero-order valence-electron chi connectivity index (χ0n) is 11.6. The SMILES string of the molecule is COc1cc(CC(C)N)c(Cl)cc1OC1CCCC1. The molecule has 2 rings (SSSR count). The lowest BCUT2D eigenvalue weighted by Gasteiger charge is -2.18. The molecular weight excluding hydrogens is 262 g/mol. The van der Waals surface area contributed by atoms with Crippen molar-refractivity contribution in [3.63, 3.8) is 0 Å². The van der Waals surface area contributed by atoms with Crippen LogP contribution >= 0.6 is 11.6 Å². The molecule has 1 aromatic rings. The first-order valence-electron chi connectivity index (χ1n) is 6.88. The van der Waals surface area contributed by atoms with Crippen LogP contribution in [0.1, 0.15) is 38.2 Å². The molecule has 0 amide bonds. The second-order valence-electron chi connectivity index (χ2n) is 5.30. The molecule has 1 saturated carbocycles. The van der Waals surface area contributed by atoms with Crippen molar-refractivity contribution in [2.75, 3.05) is 7.11 Å². The predicted molar refractivity (Wildman–Crippen MR) is 78.2 cm³/mol. The van der Waals surface area contributed by atoms with Crippen molar-refractivity contribution < 1.29 is 9.47 Å². The zero-order valence-corrected chi connectivity index (χ0v) is 12.4. The highest BCUT2D eigenvalue weighted by Gasteiger charge is 2.19. The summed E-state index contributed by atoms with van der Waals surface area (Å²) in [6.07, 6.45) is 5.74. The Morgan fingerprint density at radius 3 is 2.58 bits per heavy atom. The Bertz CT molecular complexity index is 428. The number of nitrogens with two attached hydrogens (primary N) is 1. The van der Waals surface area contributed by atoms with Crippen LogP contribution < -0.4 is 15.2 Å². The molecule has 0 aliphatic heterocycles. The highest BCUT2D eigenvalue weighted by molar-refractivity contribution is 6.31. The Morgan fingerprint density at radius 1 is 1.32 bits per heavy atom. The minimum absolute atomic E-state index is 0.0730. The Morgan fingerprint density at radius 2 is 2.00 bits per heavy atom. The van der Waals surface area contributed by atoms with E-state index >= 15 is 0 Å². The molecule has 3 nitrogen and oxygen atoms in total. The molecule has 0 heterocycles. The molecule has 0 saturated heterocycles. The molecule has 1 aromatic carbocycles. The van der Waals surface area contributed by atoms with E-state index in [1.165, 1.54) is 12.8 Å². The molecule has 0 spiro atoms. The Labute approximate surface area is 120 Å². The lowest BCUT2D eigenvalue weighted by molar-refractivity contribution is 0.200. The number of ether oxygens (including phenoxy) is 2. The van der Waals surface area contributed by atoms with Crippen LogP contribution in [0.15, 0.2) is 12.1 Å². The molecule has 19 heavy (non-hydrogen) atoms. The molecule has 1 aliphatic carbocycles. The van der Waals surface area contributed by atoms with Gasteiger partial charge in [0.25, 0.3) is 0 Å². The topological polar surface area (TPSA) is 44.5 Å². The average molecular weight is 284 g/mol. The first kappa shape index (κ1) is 14.5. The standard InChI is InChI=1S/C15H22ClNO2/c1-10(17)7-11-8-14(18-2)15(9-13(11)16)19-12-5-3-4-6-12/h8-10,12H,3-7,17H2,1-2H3. The smallest absolute Gasteiger partial charge is 0.163 e. The van der Waals surface area contributed by atoms with Gasteiger partial charge < -0.3 is 15.2 Å². The van der Waals surface area contributed by atoms with E-state index < -0.39 is 0 Å². The number of halogens is 1. The maximum atomic E-state index is 6.30. The molecule has 106 valence electrons. The first-order chi connectivity index (χ1) is 9.10. The summed E-state index contributed by atoms with van der Waals surface area (Å²) in [6, 6.07) is 3.87. The molecule has 0 bridgehead atoms. The molecule has 0 aromatic heterocycles. The summed E-state index contributed by atoms with van der Waals surface area (Å²) in [5.74, 6) is 1.49.